The number of halogens is 1. The summed E-state index contributed by atoms with van der Waals surface area (Å²) in [5, 5.41) is 11.2. The number of ether oxygens (including phenoxy) is 1. The van der Waals surface area contributed by atoms with E-state index in [0.717, 1.165) is 21.6 Å². The molecular weight excluding hydrogens is 372 g/mol. The number of nitrogens with zero attached hydrogens (tertiary/aromatic N) is 3. The summed E-state index contributed by atoms with van der Waals surface area (Å²) in [6.45, 7) is 2.01. The van der Waals surface area contributed by atoms with Gasteiger partial charge in [0, 0.05) is 5.02 Å². The molecule has 0 saturated carbocycles. The van der Waals surface area contributed by atoms with Crippen molar-refractivity contribution >= 4 is 30.0 Å². The molecule has 0 bridgehead atoms. The molecule has 6 nitrogen and oxygen atoms in total. The minimum absolute atomic E-state index is 0.137. The van der Waals surface area contributed by atoms with Crippen LogP contribution in [0.1, 0.15) is 16.8 Å². The second kappa shape index (κ2) is 8.07. The van der Waals surface area contributed by atoms with Gasteiger partial charge in [0.15, 0.2) is 0 Å². The lowest BCUT2D eigenvalue weighted by Crippen LogP contribution is -2.22. The number of aryl methyl sites for hydroxylation is 1. The zero-order chi connectivity index (χ0) is 18.5. The van der Waals surface area contributed by atoms with E-state index < -0.39 is 0 Å². The molecule has 1 heterocycles. The van der Waals surface area contributed by atoms with Gasteiger partial charge in [0.1, 0.15) is 18.1 Å². The summed E-state index contributed by atoms with van der Waals surface area (Å²) >= 11 is 11.0. The Morgan fingerprint density at radius 1 is 1.31 bits per heavy atom. The Kier molecular flexibility index (Phi) is 5.60. The molecule has 3 rings (SSSR count). The average Bonchev–Trinajstić information content (AvgIpc) is 2.64. The molecule has 0 atom stereocenters. The highest BCUT2D eigenvalue weighted by Gasteiger charge is 2.01. The standard InChI is InChI=1S/C18H15ClN4O2S/c1-12-17(24)23(18(26)22-21-12)20-10-13-5-7-16(8-6-13)25-11-14-3-2-4-15(19)9-14/h2-10H,11H2,1H3,(H,22,26)/b20-10+. The molecule has 0 aliphatic heterocycles. The van der Waals surface area contributed by atoms with Gasteiger partial charge in [0.05, 0.1) is 6.21 Å². The van der Waals surface area contributed by atoms with Gasteiger partial charge in [0.2, 0.25) is 4.77 Å². The van der Waals surface area contributed by atoms with E-state index in [-0.39, 0.29) is 10.3 Å². The van der Waals surface area contributed by atoms with E-state index in [1.807, 2.05) is 48.5 Å². The van der Waals surface area contributed by atoms with Gasteiger partial charge in [-0.3, -0.25) is 9.89 Å². The monoisotopic (exact) mass is 386 g/mol. The largest absolute Gasteiger partial charge is 0.489 e. The van der Waals surface area contributed by atoms with Gasteiger partial charge in [-0.25, -0.2) is 0 Å². The van der Waals surface area contributed by atoms with Crippen LogP contribution in [0.25, 0.3) is 0 Å². The van der Waals surface area contributed by atoms with Crippen LogP contribution in [0.5, 0.6) is 5.75 Å². The molecule has 0 fully saturated rings. The highest BCUT2D eigenvalue weighted by atomic mass is 35.5. The van der Waals surface area contributed by atoms with Gasteiger partial charge in [-0.15, -0.1) is 0 Å². The first-order valence-corrected chi connectivity index (χ1v) is 8.51. The van der Waals surface area contributed by atoms with Crippen molar-refractivity contribution in [1.82, 2.24) is 14.9 Å². The van der Waals surface area contributed by atoms with Gasteiger partial charge in [-0.2, -0.15) is 14.9 Å². The van der Waals surface area contributed by atoms with E-state index >= 15 is 0 Å². The van der Waals surface area contributed by atoms with Crippen LogP contribution in [0.4, 0.5) is 0 Å². The van der Waals surface area contributed by atoms with E-state index in [1.54, 1.807) is 13.1 Å². The van der Waals surface area contributed by atoms with Gasteiger partial charge in [0.25, 0.3) is 5.56 Å². The molecule has 2 aromatic carbocycles. The third-order valence-electron chi connectivity index (χ3n) is 3.51. The van der Waals surface area contributed by atoms with E-state index in [4.69, 9.17) is 28.6 Å². The number of aromatic nitrogens is 3. The van der Waals surface area contributed by atoms with Crippen molar-refractivity contribution in [3.63, 3.8) is 0 Å². The lowest BCUT2D eigenvalue weighted by Gasteiger charge is -2.06. The van der Waals surface area contributed by atoms with Crippen LogP contribution in [0.2, 0.25) is 5.02 Å². The second-order valence-electron chi connectivity index (χ2n) is 5.46. The lowest BCUT2D eigenvalue weighted by molar-refractivity contribution is 0.306. The number of aromatic amines is 1. The fraction of sp³-hybridized carbons (Fsp3) is 0.111. The van der Waals surface area contributed by atoms with Crippen LogP contribution in [0.15, 0.2) is 58.4 Å². The van der Waals surface area contributed by atoms with Crippen LogP contribution in [-0.2, 0) is 6.61 Å². The van der Waals surface area contributed by atoms with Gasteiger partial charge >= 0.3 is 0 Å². The zero-order valence-electron chi connectivity index (χ0n) is 13.8. The fourth-order valence-corrected chi connectivity index (χ4v) is 2.53. The van der Waals surface area contributed by atoms with Crippen LogP contribution in [0.3, 0.4) is 0 Å². The Bertz CT molecular complexity index is 1060. The van der Waals surface area contributed by atoms with Crippen molar-refractivity contribution in [2.45, 2.75) is 13.5 Å². The summed E-state index contributed by atoms with van der Waals surface area (Å²) in [4.78, 5) is 12.0. The second-order valence-corrected chi connectivity index (χ2v) is 6.29. The summed E-state index contributed by atoms with van der Waals surface area (Å²) in [6.07, 6.45) is 1.55. The molecule has 0 spiro atoms. The molecule has 0 amide bonds. The Balaban J connectivity index is 1.69. The number of rotatable bonds is 5. The smallest absolute Gasteiger partial charge is 0.296 e. The molecule has 0 unspecified atom stereocenters. The molecule has 3 aromatic rings. The number of hydrogen-bond donors (Lipinski definition) is 1. The SMILES string of the molecule is Cc1n[nH]c(=S)n(/N=C/c2ccc(OCc3cccc(Cl)c3)cc2)c1=O. The van der Waals surface area contributed by atoms with Crippen molar-refractivity contribution in [2.24, 2.45) is 5.10 Å². The summed E-state index contributed by atoms with van der Waals surface area (Å²) in [6, 6.07) is 14.8. The van der Waals surface area contributed by atoms with Crippen molar-refractivity contribution < 1.29 is 4.74 Å². The van der Waals surface area contributed by atoms with E-state index in [9.17, 15) is 4.79 Å². The van der Waals surface area contributed by atoms with Gasteiger partial charge in [-0.05, 0) is 66.7 Å². The van der Waals surface area contributed by atoms with Crippen molar-refractivity contribution in [2.75, 3.05) is 0 Å². The number of benzene rings is 2. The minimum Gasteiger partial charge on any atom is -0.489 e. The molecular formula is C18H15ClN4O2S. The van der Waals surface area contributed by atoms with E-state index in [2.05, 4.69) is 15.3 Å². The van der Waals surface area contributed by atoms with Crippen LogP contribution >= 0.6 is 23.8 Å². The normalized spacial score (nSPS) is 11.0. The first-order chi connectivity index (χ1) is 12.5. The Morgan fingerprint density at radius 3 is 2.81 bits per heavy atom. The number of hydrogen-bond acceptors (Lipinski definition) is 5. The molecule has 0 radical (unpaired) electrons. The predicted molar refractivity (Wildman–Crippen MR) is 104 cm³/mol. The fourth-order valence-electron chi connectivity index (χ4n) is 2.15. The summed E-state index contributed by atoms with van der Waals surface area (Å²) in [5.74, 6) is 0.719. The van der Waals surface area contributed by atoms with Crippen LogP contribution < -0.4 is 10.3 Å². The highest BCUT2D eigenvalue weighted by molar-refractivity contribution is 7.71. The highest BCUT2D eigenvalue weighted by Crippen LogP contribution is 2.15. The Morgan fingerprint density at radius 2 is 2.08 bits per heavy atom. The molecule has 26 heavy (non-hydrogen) atoms. The molecule has 0 aliphatic rings. The van der Waals surface area contributed by atoms with Crippen molar-refractivity contribution in [1.29, 1.82) is 0 Å². The molecule has 1 aromatic heterocycles. The van der Waals surface area contributed by atoms with Gasteiger partial charge < -0.3 is 4.74 Å². The number of H-pyrrole nitrogens is 1. The maximum absolute atomic E-state index is 12.0. The van der Waals surface area contributed by atoms with Crippen molar-refractivity contribution in [3.05, 3.63) is 85.5 Å². The molecule has 1 N–H and O–H groups in total. The quantitative estimate of drug-likeness (QED) is 0.535. The summed E-state index contributed by atoms with van der Waals surface area (Å²) in [7, 11) is 0. The third kappa shape index (κ3) is 4.44. The Labute approximate surface area is 159 Å². The van der Waals surface area contributed by atoms with Crippen LogP contribution in [-0.4, -0.2) is 21.1 Å². The Hall–Kier alpha value is -2.77. The topological polar surface area (TPSA) is 72.3 Å². The molecule has 0 aliphatic carbocycles. The minimum atomic E-state index is -0.355. The first-order valence-electron chi connectivity index (χ1n) is 7.73. The third-order valence-corrected chi connectivity index (χ3v) is 4.01. The van der Waals surface area contributed by atoms with E-state index in [1.165, 1.54) is 0 Å². The van der Waals surface area contributed by atoms with E-state index in [0.29, 0.717) is 17.3 Å². The summed E-state index contributed by atoms with van der Waals surface area (Å²) < 4.78 is 6.97. The predicted octanol–water partition coefficient (Wildman–Crippen LogP) is 3.72. The van der Waals surface area contributed by atoms with Gasteiger partial charge in [-0.1, -0.05) is 23.7 Å². The lowest BCUT2D eigenvalue weighted by atomic mass is 10.2. The molecule has 0 saturated heterocycles. The van der Waals surface area contributed by atoms with Crippen molar-refractivity contribution in [3.8, 4) is 5.75 Å². The molecule has 8 heteroatoms. The zero-order valence-corrected chi connectivity index (χ0v) is 15.4. The maximum atomic E-state index is 12.0. The molecule has 132 valence electrons. The first kappa shape index (κ1) is 18.0. The average molecular weight is 387 g/mol. The summed E-state index contributed by atoms with van der Waals surface area (Å²) in [5.41, 5.74) is 1.73. The maximum Gasteiger partial charge on any atom is 0.296 e. The van der Waals surface area contributed by atoms with Crippen LogP contribution in [0, 0.1) is 11.7 Å². The number of nitrogens with one attached hydrogen (secondary N) is 1.